The standard InChI is InChI=1S/C33H47N9O3/c1-23(42-21-28(36-37-42)27-17-34-18-29(35-27)39-15-12-33(5,6)22-39)40-14-11-25(16-30(40)43)38-13-7-8-26(20-38)41(19-24-9-10-24)31(44)45-32(2,3)4/h11,14,16-18,21,23-24,26H,7-10,12-13,15,19-20,22H2,1-6H3/t23?,26-/m1/s1. The molecule has 2 atom stereocenters. The minimum absolute atomic E-state index is 0.0442. The topological polar surface area (TPSA) is 115 Å². The van der Waals surface area contributed by atoms with Crippen LogP contribution in [0.15, 0.2) is 41.7 Å². The third-order valence-electron chi connectivity index (χ3n) is 9.10. The molecule has 5 heterocycles. The molecule has 45 heavy (non-hydrogen) atoms. The van der Waals surface area contributed by atoms with Gasteiger partial charge in [-0.3, -0.25) is 14.3 Å². The van der Waals surface area contributed by atoms with Crippen LogP contribution in [-0.2, 0) is 4.74 Å². The van der Waals surface area contributed by atoms with Crippen LogP contribution >= 0.6 is 0 Å². The number of pyridine rings is 1. The molecule has 3 aromatic heterocycles. The number of carbonyl (C=O) groups excluding carboxylic acids is 1. The first-order valence-corrected chi connectivity index (χ1v) is 16.3. The molecular formula is C33H47N9O3. The van der Waals surface area contributed by atoms with Crippen LogP contribution in [0.1, 0.15) is 79.8 Å². The minimum Gasteiger partial charge on any atom is -0.444 e. The van der Waals surface area contributed by atoms with Crippen LogP contribution in [-0.4, -0.2) is 84.9 Å². The molecule has 0 radical (unpaired) electrons. The average molecular weight is 618 g/mol. The predicted molar refractivity (Wildman–Crippen MR) is 173 cm³/mol. The molecule has 3 aliphatic rings. The van der Waals surface area contributed by atoms with Gasteiger partial charge in [-0.05, 0) is 77.2 Å². The Kier molecular flexibility index (Phi) is 8.34. The molecule has 1 saturated carbocycles. The summed E-state index contributed by atoms with van der Waals surface area (Å²) in [6, 6.07) is 3.70. The Hall–Kier alpha value is -3.96. The van der Waals surface area contributed by atoms with E-state index in [9.17, 15) is 9.59 Å². The van der Waals surface area contributed by atoms with Crippen molar-refractivity contribution in [2.75, 3.05) is 42.5 Å². The fourth-order valence-electron chi connectivity index (χ4n) is 6.34. The fraction of sp³-hybridized carbons (Fsp3) is 0.636. The van der Waals surface area contributed by atoms with Crippen molar-refractivity contribution in [3.05, 3.63) is 47.3 Å². The number of nitrogens with zero attached hydrogens (tertiary/aromatic N) is 9. The molecule has 1 amide bonds. The molecule has 1 aliphatic carbocycles. The highest BCUT2D eigenvalue weighted by Gasteiger charge is 2.36. The highest BCUT2D eigenvalue weighted by Crippen LogP contribution is 2.33. The highest BCUT2D eigenvalue weighted by atomic mass is 16.6. The molecule has 0 bridgehead atoms. The molecule has 2 aliphatic heterocycles. The Morgan fingerprint density at radius 1 is 1.13 bits per heavy atom. The second kappa shape index (κ2) is 12.1. The van der Waals surface area contributed by atoms with Crippen LogP contribution in [0.2, 0.25) is 0 Å². The van der Waals surface area contributed by atoms with Crippen molar-refractivity contribution in [1.82, 2.24) is 34.4 Å². The van der Waals surface area contributed by atoms with Gasteiger partial charge >= 0.3 is 6.09 Å². The van der Waals surface area contributed by atoms with E-state index in [-0.39, 0.29) is 23.1 Å². The fourth-order valence-corrected chi connectivity index (χ4v) is 6.34. The lowest BCUT2D eigenvalue weighted by Gasteiger charge is -2.40. The quantitative estimate of drug-likeness (QED) is 0.351. The number of carbonyl (C=O) groups is 1. The number of piperidine rings is 1. The molecular weight excluding hydrogens is 570 g/mol. The van der Waals surface area contributed by atoms with Gasteiger partial charge in [0, 0.05) is 50.7 Å². The Bertz CT molecular complexity index is 1570. The summed E-state index contributed by atoms with van der Waals surface area (Å²) in [4.78, 5) is 42.3. The van der Waals surface area contributed by atoms with E-state index in [0.717, 1.165) is 69.8 Å². The maximum Gasteiger partial charge on any atom is 0.410 e. The van der Waals surface area contributed by atoms with E-state index < -0.39 is 11.8 Å². The highest BCUT2D eigenvalue weighted by molar-refractivity contribution is 5.69. The molecule has 3 aromatic rings. The predicted octanol–water partition coefficient (Wildman–Crippen LogP) is 4.82. The van der Waals surface area contributed by atoms with Crippen LogP contribution in [0, 0.1) is 11.3 Å². The largest absolute Gasteiger partial charge is 0.444 e. The number of hydrogen-bond acceptors (Lipinski definition) is 9. The molecule has 3 fully saturated rings. The van der Waals surface area contributed by atoms with Crippen LogP contribution in [0.25, 0.3) is 11.4 Å². The summed E-state index contributed by atoms with van der Waals surface area (Å²) in [5, 5.41) is 8.70. The van der Waals surface area contributed by atoms with E-state index in [2.05, 4.69) is 38.9 Å². The third-order valence-corrected chi connectivity index (χ3v) is 9.10. The smallest absolute Gasteiger partial charge is 0.410 e. The van der Waals surface area contributed by atoms with Gasteiger partial charge in [-0.1, -0.05) is 19.1 Å². The minimum atomic E-state index is -0.540. The summed E-state index contributed by atoms with van der Waals surface area (Å²) in [5.74, 6) is 1.40. The molecule has 12 heteroatoms. The lowest BCUT2D eigenvalue weighted by atomic mass is 9.93. The Morgan fingerprint density at radius 2 is 1.93 bits per heavy atom. The molecule has 2 saturated heterocycles. The molecule has 12 nitrogen and oxygen atoms in total. The third kappa shape index (κ3) is 7.31. The van der Waals surface area contributed by atoms with E-state index in [1.807, 2.05) is 51.1 Å². The van der Waals surface area contributed by atoms with Gasteiger partial charge in [0.1, 0.15) is 29.0 Å². The van der Waals surface area contributed by atoms with Crippen molar-refractivity contribution in [2.45, 2.75) is 91.5 Å². The number of ether oxygens (including phenoxy) is 1. The van der Waals surface area contributed by atoms with Gasteiger partial charge in [-0.2, -0.15) is 0 Å². The van der Waals surface area contributed by atoms with Gasteiger partial charge < -0.3 is 19.4 Å². The zero-order valence-electron chi connectivity index (χ0n) is 27.5. The first kappa shape index (κ1) is 31.0. The summed E-state index contributed by atoms with van der Waals surface area (Å²) in [7, 11) is 0. The zero-order chi connectivity index (χ0) is 31.9. The molecule has 0 aromatic carbocycles. The van der Waals surface area contributed by atoms with Gasteiger partial charge in [0.05, 0.1) is 24.6 Å². The number of anilines is 2. The lowest BCUT2D eigenvalue weighted by Crippen LogP contribution is -2.52. The van der Waals surface area contributed by atoms with Crippen molar-refractivity contribution in [1.29, 1.82) is 0 Å². The molecule has 1 unspecified atom stereocenters. The van der Waals surface area contributed by atoms with Crippen molar-refractivity contribution in [3.8, 4) is 11.4 Å². The molecule has 0 spiro atoms. The zero-order valence-corrected chi connectivity index (χ0v) is 27.5. The second-order valence-corrected chi connectivity index (χ2v) is 14.8. The average Bonchev–Trinajstić information content (AvgIpc) is 3.54. The lowest BCUT2D eigenvalue weighted by molar-refractivity contribution is 0.0134. The second-order valence-electron chi connectivity index (χ2n) is 14.8. The number of rotatable bonds is 8. The van der Waals surface area contributed by atoms with Crippen molar-refractivity contribution in [3.63, 3.8) is 0 Å². The van der Waals surface area contributed by atoms with Gasteiger partial charge in [-0.25, -0.2) is 14.5 Å². The summed E-state index contributed by atoms with van der Waals surface area (Å²) in [5.41, 5.74) is 1.71. The number of aromatic nitrogens is 6. The molecule has 6 rings (SSSR count). The van der Waals surface area contributed by atoms with Crippen LogP contribution < -0.4 is 15.4 Å². The van der Waals surface area contributed by atoms with Crippen LogP contribution in [0.4, 0.5) is 16.3 Å². The Labute approximate surface area is 265 Å². The maximum absolute atomic E-state index is 13.4. The first-order valence-electron chi connectivity index (χ1n) is 16.3. The van der Waals surface area contributed by atoms with E-state index in [4.69, 9.17) is 9.72 Å². The monoisotopic (exact) mass is 617 g/mol. The van der Waals surface area contributed by atoms with Crippen LogP contribution in [0.3, 0.4) is 0 Å². The van der Waals surface area contributed by atoms with E-state index in [1.165, 1.54) is 0 Å². The van der Waals surface area contributed by atoms with Gasteiger partial charge in [-0.15, -0.1) is 5.10 Å². The van der Waals surface area contributed by atoms with E-state index in [1.54, 1.807) is 27.7 Å². The SMILES string of the molecule is CC(n1cc(-c2cncc(N3CCC(C)(C)C3)n2)nn1)n1ccc(N2CCC[C@@H](N(CC3CC3)C(=O)OC(C)(C)C)C2)cc1=O. The summed E-state index contributed by atoms with van der Waals surface area (Å²) in [6.45, 7) is 16.3. The number of amides is 1. The first-order chi connectivity index (χ1) is 21.3. The molecule has 0 N–H and O–H groups in total. The van der Waals surface area contributed by atoms with E-state index in [0.29, 0.717) is 23.9 Å². The normalized spacial score (nSPS) is 20.7. The van der Waals surface area contributed by atoms with Gasteiger partial charge in [0.2, 0.25) is 0 Å². The van der Waals surface area contributed by atoms with Crippen molar-refractivity contribution < 1.29 is 9.53 Å². The summed E-state index contributed by atoms with van der Waals surface area (Å²) in [6.07, 6.45) is 11.8. The summed E-state index contributed by atoms with van der Waals surface area (Å²) < 4.78 is 9.11. The Balaban J connectivity index is 1.14. The van der Waals surface area contributed by atoms with E-state index >= 15 is 0 Å². The molecule has 242 valence electrons. The van der Waals surface area contributed by atoms with Crippen molar-refractivity contribution in [2.24, 2.45) is 11.3 Å². The van der Waals surface area contributed by atoms with Crippen LogP contribution in [0.5, 0.6) is 0 Å². The van der Waals surface area contributed by atoms with Gasteiger partial charge in [0.15, 0.2) is 0 Å². The summed E-state index contributed by atoms with van der Waals surface area (Å²) >= 11 is 0. The maximum atomic E-state index is 13.4. The number of hydrogen-bond donors (Lipinski definition) is 0. The Morgan fingerprint density at radius 3 is 2.62 bits per heavy atom. The van der Waals surface area contributed by atoms with Crippen molar-refractivity contribution >= 4 is 17.6 Å². The van der Waals surface area contributed by atoms with Gasteiger partial charge in [0.25, 0.3) is 5.56 Å².